The second kappa shape index (κ2) is 6.77. The normalized spacial score (nSPS) is 24.2. The van der Waals surface area contributed by atoms with Crippen LogP contribution < -0.4 is 0 Å². The fourth-order valence-electron chi connectivity index (χ4n) is 5.80. The van der Waals surface area contributed by atoms with Gasteiger partial charge < -0.3 is 9.63 Å². The molecule has 0 aliphatic heterocycles. The minimum atomic E-state index is -0.249. The summed E-state index contributed by atoms with van der Waals surface area (Å²) in [5, 5.41) is 13.8. The first-order valence-electron chi connectivity index (χ1n) is 10.8. The van der Waals surface area contributed by atoms with E-state index in [1.165, 1.54) is 16.7 Å². The van der Waals surface area contributed by atoms with Gasteiger partial charge in [-0.05, 0) is 60.6 Å². The molecule has 0 saturated heterocycles. The predicted molar refractivity (Wildman–Crippen MR) is 117 cm³/mol. The van der Waals surface area contributed by atoms with Gasteiger partial charge in [-0.1, -0.05) is 42.4 Å². The third-order valence-corrected chi connectivity index (χ3v) is 7.22. The van der Waals surface area contributed by atoms with Gasteiger partial charge in [0.2, 0.25) is 0 Å². The summed E-state index contributed by atoms with van der Waals surface area (Å²) < 4.78 is 5.68. The van der Waals surface area contributed by atoms with E-state index in [1.807, 2.05) is 24.5 Å². The quantitative estimate of drug-likeness (QED) is 0.502. The van der Waals surface area contributed by atoms with E-state index in [-0.39, 0.29) is 17.1 Å². The highest BCUT2D eigenvalue weighted by Crippen LogP contribution is 2.56. The number of aryl methyl sites for hydroxylation is 1. The van der Waals surface area contributed by atoms with E-state index in [4.69, 9.17) is 9.51 Å². The molecule has 1 N–H and O–H groups in total. The summed E-state index contributed by atoms with van der Waals surface area (Å²) in [4.78, 5) is 9.88. The Bertz CT molecular complexity index is 1250. The molecule has 2 aliphatic rings. The highest BCUT2D eigenvalue weighted by molar-refractivity contribution is 5.58. The monoisotopic (exact) mass is 409 g/mol. The topological polar surface area (TPSA) is 72.0 Å². The number of fused-ring (bicyclic) bond motifs is 4. The van der Waals surface area contributed by atoms with E-state index in [9.17, 15) is 5.11 Å². The number of hydrogen-bond acceptors (Lipinski definition) is 5. The number of nitrogens with zero attached hydrogens (tertiary/aromatic N) is 3. The van der Waals surface area contributed by atoms with Crippen molar-refractivity contribution in [2.24, 2.45) is 5.92 Å². The van der Waals surface area contributed by atoms with Crippen LogP contribution in [0, 0.1) is 5.92 Å². The Hall–Kier alpha value is -3.47. The number of rotatable bonds is 2. The molecule has 5 nitrogen and oxygen atoms in total. The highest BCUT2D eigenvalue weighted by atomic mass is 16.5. The summed E-state index contributed by atoms with van der Waals surface area (Å²) in [6.45, 7) is 2.26. The fraction of sp³-hybridized carbons (Fsp3) is 0.269. The van der Waals surface area contributed by atoms with Gasteiger partial charge in [0.05, 0.1) is 11.9 Å². The van der Waals surface area contributed by atoms with Gasteiger partial charge in [-0.15, -0.1) is 0 Å². The van der Waals surface area contributed by atoms with E-state index >= 15 is 0 Å². The highest BCUT2D eigenvalue weighted by Gasteiger charge is 2.53. The van der Waals surface area contributed by atoms with Crippen LogP contribution in [0.25, 0.3) is 11.4 Å². The SMILES string of the molecule is C[C@@H]1c2oncc2C[C@]2(c3ccccc3)c3nc(-c4ccc(O)cc4)ncc3CC[C@@H]12. The Labute approximate surface area is 180 Å². The van der Waals surface area contributed by atoms with Crippen molar-refractivity contribution in [2.45, 2.75) is 37.5 Å². The van der Waals surface area contributed by atoms with Crippen molar-refractivity contribution < 1.29 is 9.63 Å². The first-order valence-corrected chi connectivity index (χ1v) is 10.8. The molecule has 0 bridgehead atoms. The van der Waals surface area contributed by atoms with E-state index in [1.54, 1.807) is 12.1 Å². The van der Waals surface area contributed by atoms with Crippen LogP contribution in [0.5, 0.6) is 5.75 Å². The number of phenolic OH excluding ortho intramolecular Hbond substituents is 1. The van der Waals surface area contributed by atoms with E-state index in [2.05, 4.69) is 47.4 Å². The van der Waals surface area contributed by atoms with Crippen molar-refractivity contribution in [3.8, 4) is 17.1 Å². The van der Waals surface area contributed by atoms with Crippen LogP contribution in [0.1, 0.15) is 47.4 Å². The molecule has 4 aromatic rings. The minimum Gasteiger partial charge on any atom is -0.508 e. The third kappa shape index (κ3) is 2.66. The first-order chi connectivity index (χ1) is 15.2. The van der Waals surface area contributed by atoms with E-state index < -0.39 is 0 Å². The smallest absolute Gasteiger partial charge is 0.159 e. The number of phenols is 1. The van der Waals surface area contributed by atoms with Crippen molar-refractivity contribution in [2.75, 3.05) is 0 Å². The summed E-state index contributed by atoms with van der Waals surface area (Å²) in [5.41, 5.74) is 5.45. The maximum absolute atomic E-state index is 9.69. The van der Waals surface area contributed by atoms with Gasteiger partial charge in [0.15, 0.2) is 5.82 Å². The molecule has 6 rings (SSSR count). The third-order valence-electron chi connectivity index (χ3n) is 7.22. The lowest BCUT2D eigenvalue weighted by molar-refractivity contribution is 0.189. The molecule has 0 radical (unpaired) electrons. The Morgan fingerprint density at radius 3 is 2.61 bits per heavy atom. The van der Waals surface area contributed by atoms with Crippen molar-refractivity contribution in [3.63, 3.8) is 0 Å². The van der Waals surface area contributed by atoms with Crippen molar-refractivity contribution in [3.05, 3.63) is 95.1 Å². The molecule has 0 fully saturated rings. The number of aromatic hydroxyl groups is 1. The average Bonchev–Trinajstić information content (AvgIpc) is 3.28. The molecule has 2 aromatic carbocycles. The van der Waals surface area contributed by atoms with Gasteiger partial charge >= 0.3 is 0 Å². The molecule has 154 valence electrons. The standard InChI is InChI=1S/C26H23N3O2/c1-16-22-12-9-18-14-27-25(17-7-10-21(30)11-8-17)29-24(18)26(22,20-5-3-2-4-6-20)13-19-15-28-31-23(16)19/h2-8,10-11,14-16,22,30H,9,12-13H2,1H3/t16-,22-,26+/m0/s1. The molecule has 0 spiro atoms. The van der Waals surface area contributed by atoms with Crippen molar-refractivity contribution >= 4 is 0 Å². The summed E-state index contributed by atoms with van der Waals surface area (Å²) in [6.07, 6.45) is 6.72. The number of benzene rings is 2. The van der Waals surface area contributed by atoms with Gasteiger partial charge in [-0.2, -0.15) is 0 Å². The summed E-state index contributed by atoms with van der Waals surface area (Å²) in [7, 11) is 0. The Morgan fingerprint density at radius 1 is 1.00 bits per heavy atom. The molecule has 31 heavy (non-hydrogen) atoms. The van der Waals surface area contributed by atoms with Gasteiger partial charge in [-0.25, -0.2) is 9.97 Å². The molecule has 0 saturated carbocycles. The largest absolute Gasteiger partial charge is 0.508 e. The van der Waals surface area contributed by atoms with Gasteiger partial charge in [0, 0.05) is 28.7 Å². The maximum Gasteiger partial charge on any atom is 0.159 e. The van der Waals surface area contributed by atoms with Crippen LogP contribution in [0.3, 0.4) is 0 Å². The maximum atomic E-state index is 9.69. The molecule has 2 aromatic heterocycles. The Balaban J connectivity index is 1.61. The van der Waals surface area contributed by atoms with E-state index in [0.717, 1.165) is 36.3 Å². The fourth-order valence-corrected chi connectivity index (χ4v) is 5.80. The van der Waals surface area contributed by atoms with Gasteiger partial charge in [0.25, 0.3) is 0 Å². The molecule has 0 unspecified atom stereocenters. The summed E-state index contributed by atoms with van der Waals surface area (Å²) >= 11 is 0. The summed E-state index contributed by atoms with van der Waals surface area (Å²) in [5.74, 6) is 2.58. The zero-order valence-electron chi connectivity index (χ0n) is 17.3. The predicted octanol–water partition coefficient (Wildman–Crippen LogP) is 5.05. The lowest BCUT2D eigenvalue weighted by Gasteiger charge is -2.49. The number of hydrogen-bond donors (Lipinski definition) is 1. The molecular formula is C26H23N3O2. The molecule has 2 aliphatic carbocycles. The molecular weight excluding hydrogens is 386 g/mol. The lowest BCUT2D eigenvalue weighted by atomic mass is 9.53. The van der Waals surface area contributed by atoms with E-state index in [0.29, 0.717) is 11.7 Å². The molecule has 5 heteroatoms. The average molecular weight is 409 g/mol. The van der Waals surface area contributed by atoms with Crippen LogP contribution in [0.2, 0.25) is 0 Å². The molecule has 3 atom stereocenters. The summed E-state index contributed by atoms with van der Waals surface area (Å²) in [6, 6.07) is 17.9. The second-order valence-corrected chi connectivity index (χ2v) is 8.78. The zero-order valence-corrected chi connectivity index (χ0v) is 17.3. The Kier molecular flexibility index (Phi) is 4.00. The Morgan fingerprint density at radius 2 is 1.81 bits per heavy atom. The first kappa shape index (κ1) is 18.3. The molecule has 0 amide bonds. The van der Waals surface area contributed by atoms with Crippen LogP contribution in [-0.2, 0) is 18.3 Å². The second-order valence-electron chi connectivity index (χ2n) is 8.78. The van der Waals surface area contributed by atoms with Crippen LogP contribution in [0.4, 0.5) is 0 Å². The van der Waals surface area contributed by atoms with Crippen LogP contribution >= 0.6 is 0 Å². The lowest BCUT2D eigenvalue weighted by Crippen LogP contribution is -2.48. The van der Waals surface area contributed by atoms with Crippen molar-refractivity contribution in [1.29, 1.82) is 0 Å². The molecule has 2 heterocycles. The zero-order chi connectivity index (χ0) is 21.0. The van der Waals surface area contributed by atoms with Crippen molar-refractivity contribution in [1.82, 2.24) is 15.1 Å². The minimum absolute atomic E-state index is 0.239. The van der Waals surface area contributed by atoms with Gasteiger partial charge in [-0.3, -0.25) is 0 Å². The van der Waals surface area contributed by atoms with Crippen LogP contribution in [-0.4, -0.2) is 20.2 Å². The van der Waals surface area contributed by atoms with Crippen LogP contribution in [0.15, 0.2) is 71.5 Å². The van der Waals surface area contributed by atoms with Gasteiger partial charge in [0.1, 0.15) is 11.5 Å². The number of aromatic nitrogens is 3.